The molecule has 0 radical (unpaired) electrons. The van der Waals surface area contributed by atoms with Crippen LogP contribution in [-0.4, -0.2) is 29.9 Å². The first-order valence-corrected chi connectivity index (χ1v) is 8.00. The molecule has 0 aliphatic carbocycles. The lowest BCUT2D eigenvalue weighted by Crippen LogP contribution is -2.38. The van der Waals surface area contributed by atoms with Gasteiger partial charge >= 0.3 is 12.3 Å². The van der Waals surface area contributed by atoms with E-state index in [1.165, 1.54) is 13.0 Å². The van der Waals surface area contributed by atoms with Crippen LogP contribution in [0.25, 0.3) is 0 Å². The van der Waals surface area contributed by atoms with E-state index in [0.29, 0.717) is 0 Å². The molecule has 0 bridgehead atoms. The number of benzene rings is 1. The summed E-state index contributed by atoms with van der Waals surface area (Å²) in [6, 6.07) is 1.95. The van der Waals surface area contributed by atoms with Crippen molar-refractivity contribution in [3.8, 4) is 0 Å². The number of aliphatic hydroxyl groups excluding tert-OH is 1. The number of hydrogen-bond acceptors (Lipinski definition) is 4. The van der Waals surface area contributed by atoms with Crippen molar-refractivity contribution < 1.29 is 27.8 Å². The number of ether oxygens (including phenoxy) is 1. The monoisotopic (exact) mass is 382 g/mol. The van der Waals surface area contributed by atoms with E-state index < -0.39 is 29.6 Å². The number of alkyl halides is 3. The molecule has 0 fully saturated rings. The van der Waals surface area contributed by atoms with E-state index in [1.54, 1.807) is 0 Å². The zero-order valence-corrected chi connectivity index (χ0v) is 15.2. The van der Waals surface area contributed by atoms with Crippen LogP contribution in [0.4, 0.5) is 23.7 Å². The Kier molecular flexibility index (Phi) is 7.10. The Bertz CT molecular complexity index is 616. The van der Waals surface area contributed by atoms with Crippen molar-refractivity contribution in [1.82, 2.24) is 5.32 Å². The second-order valence-corrected chi connectivity index (χ2v) is 6.82. The highest BCUT2D eigenvalue weighted by atomic mass is 35.5. The van der Waals surface area contributed by atoms with E-state index in [1.807, 2.05) is 26.1 Å². The highest BCUT2D eigenvalue weighted by molar-refractivity contribution is 6.34. The summed E-state index contributed by atoms with van der Waals surface area (Å²) in [5.74, 6) is 0. The zero-order valence-electron chi connectivity index (χ0n) is 14.4. The van der Waals surface area contributed by atoms with Gasteiger partial charge in [0.05, 0.1) is 29.0 Å². The number of nitrogens with one attached hydrogen (secondary N) is 2. The van der Waals surface area contributed by atoms with Crippen molar-refractivity contribution >= 4 is 23.4 Å². The number of amides is 1. The highest BCUT2D eigenvalue weighted by Crippen LogP contribution is 2.40. The zero-order chi connectivity index (χ0) is 19.4. The molecule has 0 heterocycles. The lowest BCUT2D eigenvalue weighted by molar-refractivity contribution is -0.137. The molecule has 1 unspecified atom stereocenters. The molecule has 1 aromatic carbocycles. The number of carbonyl (C=O) groups is 1. The SMILES string of the molecule is CCOC(=O)Nc1c(Cl)cc(C(O)CNC(C)(C)C)cc1C(F)(F)F. The van der Waals surface area contributed by atoms with E-state index in [-0.39, 0.29) is 29.3 Å². The Morgan fingerprint density at radius 3 is 2.40 bits per heavy atom. The predicted octanol–water partition coefficient (Wildman–Crippen LogP) is 4.35. The predicted molar refractivity (Wildman–Crippen MR) is 89.8 cm³/mol. The van der Waals surface area contributed by atoms with Crippen LogP contribution >= 0.6 is 11.6 Å². The smallest absolute Gasteiger partial charge is 0.418 e. The van der Waals surface area contributed by atoms with Gasteiger partial charge in [0, 0.05) is 12.1 Å². The molecule has 3 N–H and O–H groups in total. The third-order valence-corrected chi connectivity index (χ3v) is 3.43. The fourth-order valence-corrected chi connectivity index (χ4v) is 2.24. The van der Waals surface area contributed by atoms with E-state index in [9.17, 15) is 23.1 Å². The molecule has 0 aliphatic rings. The quantitative estimate of drug-likeness (QED) is 0.708. The summed E-state index contributed by atoms with van der Waals surface area (Å²) in [5.41, 5.74) is -2.09. The standard InChI is InChI=1S/C16H22ClF3N2O3/c1-5-25-14(24)22-13-10(16(18,19)20)6-9(7-11(13)17)12(23)8-21-15(2,3)4/h6-7,12,21,23H,5,8H2,1-4H3,(H,22,24). The van der Waals surface area contributed by atoms with Gasteiger partial charge in [0.25, 0.3) is 0 Å². The van der Waals surface area contributed by atoms with E-state index in [2.05, 4.69) is 10.1 Å². The number of carbonyl (C=O) groups excluding carboxylic acids is 1. The van der Waals surface area contributed by atoms with Gasteiger partial charge in [0.1, 0.15) is 0 Å². The maximum Gasteiger partial charge on any atom is 0.418 e. The molecule has 1 aromatic rings. The number of hydrogen-bond donors (Lipinski definition) is 3. The molecule has 25 heavy (non-hydrogen) atoms. The molecule has 0 aliphatic heterocycles. The molecule has 0 saturated carbocycles. The lowest BCUT2D eigenvalue weighted by atomic mass is 10.0. The van der Waals surface area contributed by atoms with Gasteiger partial charge in [-0.25, -0.2) is 4.79 Å². The van der Waals surface area contributed by atoms with Gasteiger partial charge in [0.15, 0.2) is 0 Å². The maximum absolute atomic E-state index is 13.3. The minimum atomic E-state index is -4.77. The van der Waals surface area contributed by atoms with Gasteiger partial charge < -0.3 is 15.2 Å². The molecule has 9 heteroatoms. The Morgan fingerprint density at radius 2 is 1.92 bits per heavy atom. The molecule has 0 aromatic heterocycles. The molecule has 0 spiro atoms. The van der Waals surface area contributed by atoms with Crippen LogP contribution < -0.4 is 10.6 Å². The van der Waals surface area contributed by atoms with Crippen LogP contribution in [-0.2, 0) is 10.9 Å². The van der Waals surface area contributed by atoms with Crippen LogP contribution in [0.2, 0.25) is 5.02 Å². The third kappa shape index (κ3) is 6.72. The van der Waals surface area contributed by atoms with Gasteiger partial charge in [-0.05, 0) is 45.4 Å². The fourth-order valence-electron chi connectivity index (χ4n) is 1.96. The summed E-state index contributed by atoms with van der Waals surface area (Å²) in [6.07, 6.45) is -7.02. The van der Waals surface area contributed by atoms with Crippen molar-refractivity contribution in [2.75, 3.05) is 18.5 Å². The fraction of sp³-hybridized carbons (Fsp3) is 0.562. The van der Waals surface area contributed by atoms with Crippen molar-refractivity contribution in [2.45, 2.75) is 45.5 Å². The van der Waals surface area contributed by atoms with Gasteiger partial charge in [0.2, 0.25) is 0 Å². The Hall–Kier alpha value is -1.51. The Morgan fingerprint density at radius 1 is 1.32 bits per heavy atom. The van der Waals surface area contributed by atoms with E-state index in [0.717, 1.165) is 6.07 Å². The summed E-state index contributed by atoms with van der Waals surface area (Å²) in [4.78, 5) is 11.5. The molecule has 1 rings (SSSR count). The second-order valence-electron chi connectivity index (χ2n) is 6.42. The first kappa shape index (κ1) is 21.5. The largest absolute Gasteiger partial charge is 0.450 e. The van der Waals surface area contributed by atoms with Crippen molar-refractivity contribution in [3.63, 3.8) is 0 Å². The molecular formula is C16H22ClF3N2O3. The number of β-amino-alcohol motifs (C(OH)–C–C–N with tert-alkyl or cyclic N) is 1. The Balaban J connectivity index is 3.20. The molecule has 1 atom stereocenters. The summed E-state index contributed by atoms with van der Waals surface area (Å²) < 4.78 is 44.6. The molecular weight excluding hydrogens is 361 g/mol. The minimum Gasteiger partial charge on any atom is -0.450 e. The summed E-state index contributed by atoms with van der Waals surface area (Å²) in [7, 11) is 0. The minimum absolute atomic E-state index is 0.0000733. The third-order valence-electron chi connectivity index (χ3n) is 3.13. The van der Waals surface area contributed by atoms with Crippen LogP contribution in [0, 0.1) is 0 Å². The number of anilines is 1. The second kappa shape index (κ2) is 8.25. The summed E-state index contributed by atoms with van der Waals surface area (Å²) in [5, 5.41) is 14.8. The lowest BCUT2D eigenvalue weighted by Gasteiger charge is -2.24. The van der Waals surface area contributed by atoms with Crippen molar-refractivity contribution in [1.29, 1.82) is 0 Å². The van der Waals surface area contributed by atoms with Crippen LogP contribution in [0.5, 0.6) is 0 Å². The van der Waals surface area contributed by atoms with Gasteiger partial charge in [-0.15, -0.1) is 0 Å². The average molecular weight is 383 g/mol. The Labute approximate surface area is 149 Å². The van der Waals surface area contributed by atoms with Crippen molar-refractivity contribution in [3.05, 3.63) is 28.3 Å². The van der Waals surface area contributed by atoms with Crippen LogP contribution in [0.3, 0.4) is 0 Å². The van der Waals surface area contributed by atoms with E-state index in [4.69, 9.17) is 11.6 Å². The number of halogens is 4. The normalized spacial score (nSPS) is 13.5. The molecule has 5 nitrogen and oxygen atoms in total. The van der Waals surface area contributed by atoms with Gasteiger partial charge in [-0.3, -0.25) is 5.32 Å². The molecule has 142 valence electrons. The first-order chi connectivity index (χ1) is 11.3. The van der Waals surface area contributed by atoms with E-state index >= 15 is 0 Å². The summed E-state index contributed by atoms with van der Waals surface area (Å²) >= 11 is 5.92. The van der Waals surface area contributed by atoms with Gasteiger partial charge in [-0.1, -0.05) is 11.6 Å². The number of aliphatic hydroxyl groups is 1. The summed E-state index contributed by atoms with van der Waals surface area (Å²) in [6.45, 7) is 7.15. The average Bonchev–Trinajstić information content (AvgIpc) is 2.44. The molecule has 0 saturated heterocycles. The van der Waals surface area contributed by atoms with Crippen molar-refractivity contribution in [2.24, 2.45) is 0 Å². The van der Waals surface area contributed by atoms with Crippen LogP contribution in [0.1, 0.15) is 44.9 Å². The van der Waals surface area contributed by atoms with Crippen LogP contribution in [0.15, 0.2) is 12.1 Å². The first-order valence-electron chi connectivity index (χ1n) is 7.62. The number of rotatable bonds is 5. The molecule has 1 amide bonds. The van der Waals surface area contributed by atoms with Gasteiger partial charge in [-0.2, -0.15) is 13.2 Å². The highest BCUT2D eigenvalue weighted by Gasteiger charge is 2.36. The topological polar surface area (TPSA) is 70.6 Å². The maximum atomic E-state index is 13.3.